The molecule has 33 heavy (non-hydrogen) atoms. The second kappa shape index (κ2) is 9.17. The van der Waals surface area contributed by atoms with Gasteiger partial charge in [0.2, 0.25) is 0 Å². The van der Waals surface area contributed by atoms with Gasteiger partial charge < -0.3 is 21.7 Å². The fraction of sp³-hybridized carbons (Fsp3) is 0.130. The maximum Gasteiger partial charge on any atom is 0.323 e. The van der Waals surface area contributed by atoms with Gasteiger partial charge in [0.1, 0.15) is 11.8 Å². The summed E-state index contributed by atoms with van der Waals surface area (Å²) < 4.78 is 1.54. The van der Waals surface area contributed by atoms with Crippen molar-refractivity contribution in [3.8, 4) is 11.1 Å². The summed E-state index contributed by atoms with van der Waals surface area (Å²) in [6.45, 7) is 4.24. The molecule has 0 atom stereocenters. The minimum atomic E-state index is -0.426. The number of benzene rings is 2. The molecule has 10 heteroatoms. The number of amides is 3. The zero-order valence-electron chi connectivity index (χ0n) is 18.0. The molecule has 4 aromatic rings. The molecular formula is C23H22ClN7O2. The number of hydrogen-bond donors (Lipinski definition) is 4. The van der Waals surface area contributed by atoms with Crippen molar-refractivity contribution in [2.45, 2.75) is 13.8 Å². The predicted octanol–water partition coefficient (Wildman–Crippen LogP) is 4.33. The van der Waals surface area contributed by atoms with Crippen molar-refractivity contribution >= 4 is 46.2 Å². The largest absolute Gasteiger partial charge is 0.382 e. The first-order valence-corrected chi connectivity index (χ1v) is 10.6. The standard InChI is InChI=1S/C23H22ClN7O2/c1-3-26-22(32)16-11-31-20(21(25)27-12-28-31)19(16)14-5-7-15(8-6-14)29-23(33)30-18-10-13(2)4-9-17(18)24/h4-12H,3H2,1-2H3,(H,26,32)(H2,25,27,28)(H2,29,30,33). The van der Waals surface area contributed by atoms with Gasteiger partial charge in [-0.25, -0.2) is 14.3 Å². The molecule has 4 rings (SSSR count). The number of carbonyl (C=O) groups excluding carboxylic acids is 2. The van der Waals surface area contributed by atoms with E-state index >= 15 is 0 Å². The van der Waals surface area contributed by atoms with Crippen LogP contribution in [0.5, 0.6) is 0 Å². The molecule has 0 spiro atoms. The third-order valence-electron chi connectivity index (χ3n) is 4.99. The van der Waals surface area contributed by atoms with E-state index in [0.717, 1.165) is 11.1 Å². The number of carbonyl (C=O) groups is 2. The van der Waals surface area contributed by atoms with Crippen LogP contribution in [0.1, 0.15) is 22.8 Å². The summed E-state index contributed by atoms with van der Waals surface area (Å²) >= 11 is 6.15. The van der Waals surface area contributed by atoms with Crippen molar-refractivity contribution in [2.24, 2.45) is 0 Å². The quantitative estimate of drug-likeness (QED) is 0.350. The number of anilines is 3. The van der Waals surface area contributed by atoms with Crippen LogP contribution in [0, 0.1) is 6.92 Å². The summed E-state index contributed by atoms with van der Waals surface area (Å²) in [6, 6.07) is 12.0. The smallest absolute Gasteiger partial charge is 0.323 e. The normalized spacial score (nSPS) is 10.8. The van der Waals surface area contributed by atoms with Crippen molar-refractivity contribution in [3.05, 3.63) is 71.1 Å². The van der Waals surface area contributed by atoms with Gasteiger partial charge in [0.15, 0.2) is 5.82 Å². The van der Waals surface area contributed by atoms with Crippen LogP contribution in [-0.2, 0) is 0 Å². The molecule has 0 aliphatic heterocycles. The Morgan fingerprint density at radius 1 is 1.12 bits per heavy atom. The Labute approximate surface area is 195 Å². The van der Waals surface area contributed by atoms with Crippen molar-refractivity contribution in [1.29, 1.82) is 0 Å². The van der Waals surface area contributed by atoms with E-state index in [1.165, 1.54) is 10.8 Å². The summed E-state index contributed by atoms with van der Waals surface area (Å²) in [7, 11) is 0. The number of halogens is 1. The highest BCUT2D eigenvalue weighted by atomic mass is 35.5. The van der Waals surface area contributed by atoms with Crippen LogP contribution in [0.2, 0.25) is 5.02 Å². The maximum absolute atomic E-state index is 12.7. The molecule has 0 fully saturated rings. The van der Waals surface area contributed by atoms with E-state index in [9.17, 15) is 9.59 Å². The molecule has 0 radical (unpaired) electrons. The Morgan fingerprint density at radius 3 is 2.61 bits per heavy atom. The minimum absolute atomic E-state index is 0.242. The number of aryl methyl sites for hydroxylation is 1. The van der Waals surface area contributed by atoms with Gasteiger partial charge in [0.05, 0.1) is 16.3 Å². The van der Waals surface area contributed by atoms with Crippen molar-refractivity contribution in [3.63, 3.8) is 0 Å². The first-order chi connectivity index (χ1) is 15.9. The van der Waals surface area contributed by atoms with E-state index in [2.05, 4.69) is 26.0 Å². The molecule has 0 bridgehead atoms. The highest BCUT2D eigenvalue weighted by Crippen LogP contribution is 2.33. The second-order valence-corrected chi connectivity index (χ2v) is 7.76. The highest BCUT2D eigenvalue weighted by molar-refractivity contribution is 6.33. The van der Waals surface area contributed by atoms with Crippen LogP contribution < -0.4 is 21.7 Å². The van der Waals surface area contributed by atoms with Crippen LogP contribution >= 0.6 is 11.6 Å². The van der Waals surface area contributed by atoms with E-state index in [0.29, 0.717) is 39.6 Å². The third-order valence-corrected chi connectivity index (χ3v) is 5.32. The molecule has 5 N–H and O–H groups in total. The lowest BCUT2D eigenvalue weighted by Gasteiger charge is -2.11. The van der Waals surface area contributed by atoms with Gasteiger partial charge in [-0.15, -0.1) is 0 Å². The van der Waals surface area contributed by atoms with Crippen LogP contribution in [-0.4, -0.2) is 33.1 Å². The van der Waals surface area contributed by atoms with E-state index < -0.39 is 6.03 Å². The molecule has 2 aromatic heterocycles. The van der Waals surface area contributed by atoms with Crippen LogP contribution in [0.3, 0.4) is 0 Å². The van der Waals surface area contributed by atoms with Crippen LogP contribution in [0.4, 0.5) is 22.0 Å². The van der Waals surface area contributed by atoms with Gasteiger partial charge in [0, 0.05) is 24.0 Å². The number of rotatable bonds is 5. The van der Waals surface area contributed by atoms with Crippen LogP contribution in [0.15, 0.2) is 55.0 Å². The lowest BCUT2D eigenvalue weighted by atomic mass is 10.0. The number of nitrogen functional groups attached to an aromatic ring is 1. The molecule has 2 heterocycles. The number of aromatic nitrogens is 3. The van der Waals surface area contributed by atoms with Gasteiger partial charge in [-0.05, 0) is 49.2 Å². The van der Waals surface area contributed by atoms with E-state index in [1.807, 2.05) is 19.9 Å². The summed E-state index contributed by atoms with van der Waals surface area (Å²) in [5.74, 6) is 0.0150. The molecule has 3 amide bonds. The fourth-order valence-electron chi connectivity index (χ4n) is 3.49. The second-order valence-electron chi connectivity index (χ2n) is 7.36. The Bertz CT molecular complexity index is 1350. The first kappa shape index (κ1) is 22.1. The average Bonchev–Trinajstić information content (AvgIpc) is 3.18. The summed E-state index contributed by atoms with van der Waals surface area (Å²) in [4.78, 5) is 29.2. The first-order valence-electron chi connectivity index (χ1n) is 10.2. The molecule has 2 aromatic carbocycles. The maximum atomic E-state index is 12.7. The van der Waals surface area contributed by atoms with E-state index in [4.69, 9.17) is 17.3 Å². The summed E-state index contributed by atoms with van der Waals surface area (Å²) in [5.41, 5.74) is 10.5. The SMILES string of the molecule is CCNC(=O)c1cn2ncnc(N)c2c1-c1ccc(NC(=O)Nc2cc(C)ccc2Cl)cc1. The topological polar surface area (TPSA) is 126 Å². The molecule has 0 saturated carbocycles. The monoisotopic (exact) mass is 463 g/mol. The number of nitrogens with two attached hydrogens (primary N) is 1. The lowest BCUT2D eigenvalue weighted by molar-refractivity contribution is 0.0956. The minimum Gasteiger partial charge on any atom is -0.382 e. The zero-order chi connectivity index (χ0) is 23.5. The van der Waals surface area contributed by atoms with Gasteiger partial charge >= 0.3 is 6.03 Å². The van der Waals surface area contributed by atoms with E-state index in [1.54, 1.807) is 42.6 Å². The predicted molar refractivity (Wildman–Crippen MR) is 130 cm³/mol. The van der Waals surface area contributed by atoms with Gasteiger partial charge in [-0.3, -0.25) is 4.79 Å². The van der Waals surface area contributed by atoms with Crippen molar-refractivity contribution in [2.75, 3.05) is 22.9 Å². The van der Waals surface area contributed by atoms with Gasteiger partial charge in [-0.1, -0.05) is 29.8 Å². The molecule has 0 unspecified atom stereocenters. The molecule has 0 aliphatic rings. The summed E-state index contributed by atoms with van der Waals surface area (Å²) in [6.07, 6.45) is 2.96. The van der Waals surface area contributed by atoms with Gasteiger partial charge in [-0.2, -0.15) is 5.10 Å². The van der Waals surface area contributed by atoms with Crippen molar-refractivity contribution in [1.82, 2.24) is 19.9 Å². The Morgan fingerprint density at radius 2 is 1.88 bits per heavy atom. The van der Waals surface area contributed by atoms with Crippen LogP contribution in [0.25, 0.3) is 16.6 Å². The Balaban J connectivity index is 1.62. The highest BCUT2D eigenvalue weighted by Gasteiger charge is 2.21. The van der Waals surface area contributed by atoms with Gasteiger partial charge in [0.25, 0.3) is 5.91 Å². The number of urea groups is 1. The Hall–Kier alpha value is -4.11. The number of nitrogens with zero attached hydrogens (tertiary/aromatic N) is 3. The summed E-state index contributed by atoms with van der Waals surface area (Å²) in [5, 5.41) is 12.9. The lowest BCUT2D eigenvalue weighted by Crippen LogP contribution is -2.22. The zero-order valence-corrected chi connectivity index (χ0v) is 18.8. The third kappa shape index (κ3) is 4.58. The number of nitrogens with one attached hydrogen (secondary N) is 3. The Kier molecular flexibility index (Phi) is 6.14. The molecular weight excluding hydrogens is 442 g/mol. The molecule has 0 aliphatic carbocycles. The number of fused-ring (bicyclic) bond motifs is 1. The fourth-order valence-corrected chi connectivity index (χ4v) is 3.66. The molecule has 9 nitrogen and oxygen atoms in total. The van der Waals surface area contributed by atoms with Crippen molar-refractivity contribution < 1.29 is 9.59 Å². The molecule has 168 valence electrons. The number of hydrogen-bond acceptors (Lipinski definition) is 5. The average molecular weight is 464 g/mol. The molecule has 0 saturated heterocycles. The van der Waals surface area contributed by atoms with E-state index in [-0.39, 0.29) is 11.7 Å².